The van der Waals surface area contributed by atoms with Gasteiger partial charge in [0.2, 0.25) is 5.90 Å². The molecular formula is C21H22ClN3O3. The Morgan fingerprint density at radius 1 is 1.29 bits per heavy atom. The molecule has 7 heteroatoms. The molecule has 0 aliphatic carbocycles. The van der Waals surface area contributed by atoms with Crippen molar-refractivity contribution in [2.75, 3.05) is 13.2 Å². The van der Waals surface area contributed by atoms with Crippen molar-refractivity contribution in [1.29, 1.82) is 0 Å². The van der Waals surface area contributed by atoms with Crippen molar-refractivity contribution >= 4 is 23.1 Å². The van der Waals surface area contributed by atoms with Gasteiger partial charge in [-0.3, -0.25) is 0 Å². The summed E-state index contributed by atoms with van der Waals surface area (Å²) in [6.45, 7) is 6.33. The number of para-hydroxylation sites is 1. The Balaban J connectivity index is 1.79. The minimum absolute atomic E-state index is 0.394. The van der Waals surface area contributed by atoms with Crippen molar-refractivity contribution in [3.05, 3.63) is 53.4 Å². The summed E-state index contributed by atoms with van der Waals surface area (Å²) in [6, 6.07) is 9.68. The van der Waals surface area contributed by atoms with Crippen LogP contribution < -0.4 is 4.74 Å². The summed E-state index contributed by atoms with van der Waals surface area (Å²) in [7, 11) is 0. The number of rotatable bonds is 5. The van der Waals surface area contributed by atoms with Crippen LogP contribution in [0.15, 0.2) is 47.7 Å². The monoisotopic (exact) mass is 399 g/mol. The van der Waals surface area contributed by atoms with Gasteiger partial charge in [-0.1, -0.05) is 29.8 Å². The molecular weight excluding hydrogens is 378 g/mol. The molecule has 28 heavy (non-hydrogen) atoms. The lowest BCUT2D eigenvalue weighted by Crippen LogP contribution is -2.38. The van der Waals surface area contributed by atoms with Crippen LogP contribution in [0, 0.1) is 0 Å². The molecule has 1 N–H and O–H groups in total. The summed E-state index contributed by atoms with van der Waals surface area (Å²) in [5, 5.41) is 10.8. The third-order valence-electron chi connectivity index (χ3n) is 4.66. The van der Waals surface area contributed by atoms with Crippen molar-refractivity contribution in [3.63, 3.8) is 0 Å². The predicted molar refractivity (Wildman–Crippen MR) is 109 cm³/mol. The number of aromatic nitrogens is 2. The quantitative estimate of drug-likeness (QED) is 0.704. The number of nitrogens with zero attached hydrogens (tertiary/aromatic N) is 3. The molecule has 4 rings (SSSR count). The van der Waals surface area contributed by atoms with Gasteiger partial charge in [0.1, 0.15) is 23.2 Å². The van der Waals surface area contributed by atoms with Gasteiger partial charge in [0, 0.05) is 23.5 Å². The summed E-state index contributed by atoms with van der Waals surface area (Å²) in [5.74, 6) is 1.20. The van der Waals surface area contributed by atoms with E-state index in [1.807, 2.05) is 47.9 Å². The number of hydrogen-bond donors (Lipinski definition) is 1. The summed E-state index contributed by atoms with van der Waals surface area (Å²) < 4.78 is 13.5. The first kappa shape index (κ1) is 18.8. The molecule has 1 aliphatic rings. The molecule has 1 unspecified atom stereocenters. The molecule has 1 atom stereocenters. The van der Waals surface area contributed by atoms with Gasteiger partial charge < -0.3 is 19.0 Å². The largest absolute Gasteiger partial charge is 0.493 e. The molecule has 0 radical (unpaired) electrons. The predicted octanol–water partition coefficient (Wildman–Crippen LogP) is 3.97. The first-order valence-corrected chi connectivity index (χ1v) is 9.59. The van der Waals surface area contributed by atoms with Crippen molar-refractivity contribution < 1.29 is 14.6 Å². The zero-order valence-electron chi connectivity index (χ0n) is 16.0. The van der Waals surface area contributed by atoms with E-state index in [2.05, 4.69) is 4.99 Å². The fourth-order valence-electron chi connectivity index (χ4n) is 3.22. The highest BCUT2D eigenvalue weighted by Crippen LogP contribution is 2.34. The van der Waals surface area contributed by atoms with Crippen LogP contribution in [0.3, 0.4) is 0 Å². The normalized spacial score (nSPS) is 16.9. The first-order valence-electron chi connectivity index (χ1n) is 9.21. The van der Waals surface area contributed by atoms with Gasteiger partial charge in [-0.2, -0.15) is 0 Å². The third-order valence-corrected chi connectivity index (χ3v) is 4.86. The molecule has 0 saturated heterocycles. The minimum atomic E-state index is -0.977. The van der Waals surface area contributed by atoms with E-state index in [0.717, 1.165) is 22.5 Å². The van der Waals surface area contributed by atoms with E-state index in [0.29, 0.717) is 29.8 Å². The second-order valence-corrected chi connectivity index (χ2v) is 7.70. The second kappa shape index (κ2) is 7.11. The van der Waals surface area contributed by atoms with Crippen LogP contribution in [0.4, 0.5) is 0 Å². The van der Waals surface area contributed by atoms with Gasteiger partial charge in [-0.15, -0.1) is 0 Å². The maximum atomic E-state index is 10.2. The van der Waals surface area contributed by atoms with Crippen molar-refractivity contribution in [3.8, 4) is 16.9 Å². The summed E-state index contributed by atoms with van der Waals surface area (Å²) in [5.41, 5.74) is 2.13. The second-order valence-electron chi connectivity index (χ2n) is 7.26. The maximum absolute atomic E-state index is 10.2. The molecule has 3 aromatic rings. The summed E-state index contributed by atoms with van der Waals surface area (Å²) in [4.78, 5) is 9.16. The SMILES string of the molecule is CCOc1ccccc1-c1cc(Cl)cn2cc(C3=NCC(C(C)(C)O)O3)nc12. The van der Waals surface area contributed by atoms with Crippen molar-refractivity contribution in [1.82, 2.24) is 9.38 Å². The number of hydrogen-bond acceptors (Lipinski definition) is 5. The Hall–Kier alpha value is -2.57. The smallest absolute Gasteiger partial charge is 0.237 e. The molecule has 2 aromatic heterocycles. The van der Waals surface area contributed by atoms with Crippen LogP contribution in [-0.2, 0) is 4.74 Å². The third kappa shape index (κ3) is 3.45. The van der Waals surface area contributed by atoms with Gasteiger partial charge in [0.25, 0.3) is 0 Å². The first-order chi connectivity index (χ1) is 13.4. The summed E-state index contributed by atoms with van der Waals surface area (Å²) >= 11 is 6.37. The average Bonchev–Trinajstić information content (AvgIpc) is 3.28. The Labute approximate surface area is 168 Å². The van der Waals surface area contributed by atoms with E-state index < -0.39 is 11.7 Å². The number of fused-ring (bicyclic) bond motifs is 1. The molecule has 146 valence electrons. The molecule has 1 aliphatic heterocycles. The number of pyridine rings is 1. The molecule has 6 nitrogen and oxygen atoms in total. The van der Waals surface area contributed by atoms with Crippen molar-refractivity contribution in [2.45, 2.75) is 32.5 Å². The van der Waals surface area contributed by atoms with Gasteiger partial charge in [-0.25, -0.2) is 9.98 Å². The Morgan fingerprint density at radius 3 is 2.79 bits per heavy atom. The van der Waals surface area contributed by atoms with Crippen LogP contribution in [0.25, 0.3) is 16.8 Å². The van der Waals surface area contributed by atoms with E-state index in [-0.39, 0.29) is 0 Å². The van der Waals surface area contributed by atoms with E-state index in [9.17, 15) is 5.11 Å². The fourth-order valence-corrected chi connectivity index (χ4v) is 3.43. The van der Waals surface area contributed by atoms with Crippen LogP contribution in [-0.4, -0.2) is 45.2 Å². The highest BCUT2D eigenvalue weighted by atomic mass is 35.5. The molecule has 0 spiro atoms. The van der Waals surface area contributed by atoms with Gasteiger partial charge in [-0.05, 0) is 32.9 Å². The highest BCUT2D eigenvalue weighted by molar-refractivity contribution is 6.31. The number of aliphatic imine (C=N–C) groups is 1. The van der Waals surface area contributed by atoms with Gasteiger partial charge >= 0.3 is 0 Å². The standard InChI is InChI=1S/C21H22ClN3O3/c1-4-27-17-8-6-5-7-14(17)15-9-13(22)11-25-12-16(24-19(15)25)20-23-10-18(28-20)21(2,3)26/h5-9,11-12,18,26H,4,10H2,1-3H3. The van der Waals surface area contributed by atoms with Gasteiger partial charge in [0.05, 0.1) is 23.8 Å². The number of aliphatic hydroxyl groups is 1. The zero-order valence-corrected chi connectivity index (χ0v) is 16.8. The number of imidazole rings is 1. The van der Waals surface area contributed by atoms with Crippen LogP contribution in [0.1, 0.15) is 26.5 Å². The molecule has 0 bridgehead atoms. The molecule has 1 aromatic carbocycles. The average molecular weight is 400 g/mol. The van der Waals surface area contributed by atoms with Crippen molar-refractivity contribution in [2.24, 2.45) is 4.99 Å². The highest BCUT2D eigenvalue weighted by Gasteiger charge is 2.34. The Kier molecular flexibility index (Phi) is 4.77. The number of benzene rings is 1. The zero-order chi connectivity index (χ0) is 19.9. The molecule has 0 saturated carbocycles. The Morgan fingerprint density at radius 2 is 2.07 bits per heavy atom. The lowest BCUT2D eigenvalue weighted by Gasteiger charge is -2.23. The number of ether oxygens (including phenoxy) is 2. The lowest BCUT2D eigenvalue weighted by atomic mass is 10.0. The minimum Gasteiger partial charge on any atom is -0.493 e. The maximum Gasteiger partial charge on any atom is 0.237 e. The fraction of sp³-hybridized carbons (Fsp3) is 0.333. The summed E-state index contributed by atoms with van der Waals surface area (Å²) in [6.07, 6.45) is 3.23. The van der Waals surface area contributed by atoms with Gasteiger partial charge in [0.15, 0.2) is 0 Å². The van der Waals surface area contributed by atoms with E-state index in [1.165, 1.54) is 0 Å². The lowest BCUT2D eigenvalue weighted by molar-refractivity contribution is -0.0253. The van der Waals surface area contributed by atoms with E-state index >= 15 is 0 Å². The Bertz CT molecular complexity index is 1050. The van der Waals surface area contributed by atoms with Crippen LogP contribution in [0.2, 0.25) is 5.02 Å². The number of halogens is 1. The molecule has 0 amide bonds. The van der Waals surface area contributed by atoms with Crippen LogP contribution >= 0.6 is 11.6 Å². The molecule has 0 fully saturated rings. The van der Waals surface area contributed by atoms with E-state index in [4.69, 9.17) is 26.1 Å². The topological polar surface area (TPSA) is 68.4 Å². The van der Waals surface area contributed by atoms with E-state index in [1.54, 1.807) is 20.0 Å². The van der Waals surface area contributed by atoms with Crippen LogP contribution in [0.5, 0.6) is 5.75 Å². The molecule has 3 heterocycles.